The summed E-state index contributed by atoms with van der Waals surface area (Å²) in [6, 6.07) is 3.36. The molecule has 4 nitrogen and oxygen atoms in total. The van der Waals surface area contributed by atoms with Crippen molar-refractivity contribution in [2.75, 3.05) is 25.6 Å². The van der Waals surface area contributed by atoms with E-state index in [0.717, 1.165) is 6.42 Å². The average molecular weight is 243 g/mol. The van der Waals surface area contributed by atoms with E-state index < -0.39 is 0 Å². The highest BCUT2D eigenvalue weighted by Crippen LogP contribution is 1.95. The van der Waals surface area contributed by atoms with Crippen molar-refractivity contribution in [1.29, 1.82) is 0 Å². The first-order chi connectivity index (χ1) is 7.84. The fourth-order valence-electron chi connectivity index (χ4n) is 1.14. The first kappa shape index (κ1) is 12.9. The summed E-state index contributed by atoms with van der Waals surface area (Å²) < 4.78 is 5.18. The molecule has 1 N–H and O–H groups in total. The van der Waals surface area contributed by atoms with Gasteiger partial charge >= 0.3 is 0 Å². The average Bonchev–Trinajstić information content (AvgIpc) is 2.34. The van der Waals surface area contributed by atoms with Gasteiger partial charge in [-0.05, 0) is 18.6 Å². The Labute approximate surface area is 100.0 Å². The summed E-state index contributed by atoms with van der Waals surface area (Å²) in [7, 11) is 0. The highest BCUT2D eigenvalue weighted by molar-refractivity contribution is 6.17. The highest BCUT2D eigenvalue weighted by atomic mass is 35.5. The Hall–Kier alpha value is -1.13. The number of nitrogens with one attached hydrogen (secondary N) is 1. The van der Waals surface area contributed by atoms with Gasteiger partial charge in [0, 0.05) is 37.0 Å². The molecule has 0 saturated heterocycles. The van der Waals surface area contributed by atoms with E-state index in [0.29, 0.717) is 31.2 Å². The second kappa shape index (κ2) is 8.07. The van der Waals surface area contributed by atoms with E-state index in [1.54, 1.807) is 24.5 Å². The quantitative estimate of drug-likeness (QED) is 0.582. The zero-order chi connectivity index (χ0) is 11.6. The van der Waals surface area contributed by atoms with Crippen molar-refractivity contribution >= 4 is 17.5 Å². The topological polar surface area (TPSA) is 51.2 Å². The van der Waals surface area contributed by atoms with Crippen LogP contribution in [-0.2, 0) is 4.74 Å². The molecular formula is C11H15ClN2O2. The molecule has 16 heavy (non-hydrogen) atoms. The summed E-state index contributed by atoms with van der Waals surface area (Å²) >= 11 is 5.44. The van der Waals surface area contributed by atoms with Gasteiger partial charge in [-0.25, -0.2) is 0 Å². The fourth-order valence-corrected chi connectivity index (χ4v) is 1.25. The second-order valence-corrected chi connectivity index (χ2v) is 3.52. The van der Waals surface area contributed by atoms with Gasteiger partial charge in [-0.15, -0.1) is 11.6 Å². The van der Waals surface area contributed by atoms with Crippen molar-refractivity contribution in [2.24, 2.45) is 0 Å². The molecule has 0 atom stereocenters. The Balaban J connectivity index is 2.12. The van der Waals surface area contributed by atoms with Gasteiger partial charge in [0.2, 0.25) is 0 Å². The highest BCUT2D eigenvalue weighted by Gasteiger charge is 2.02. The van der Waals surface area contributed by atoms with Crippen molar-refractivity contribution in [3.8, 4) is 0 Å². The number of halogens is 1. The van der Waals surface area contributed by atoms with Crippen molar-refractivity contribution in [1.82, 2.24) is 10.3 Å². The Morgan fingerprint density at radius 2 is 2.12 bits per heavy atom. The Morgan fingerprint density at radius 1 is 1.38 bits per heavy atom. The van der Waals surface area contributed by atoms with E-state index in [1.807, 2.05) is 0 Å². The molecule has 0 spiro atoms. The minimum absolute atomic E-state index is 0.0836. The molecule has 0 aliphatic heterocycles. The molecule has 0 unspecified atom stereocenters. The van der Waals surface area contributed by atoms with Gasteiger partial charge in [0.25, 0.3) is 5.91 Å². The Kier molecular flexibility index (Phi) is 6.53. The van der Waals surface area contributed by atoms with E-state index in [9.17, 15) is 4.79 Å². The summed E-state index contributed by atoms with van der Waals surface area (Å²) in [6.45, 7) is 1.77. The number of alkyl halides is 1. The summed E-state index contributed by atoms with van der Waals surface area (Å²) in [4.78, 5) is 15.4. The molecule has 1 aromatic heterocycles. The van der Waals surface area contributed by atoms with E-state index in [-0.39, 0.29) is 5.91 Å². The van der Waals surface area contributed by atoms with Gasteiger partial charge in [-0.1, -0.05) is 0 Å². The third-order valence-electron chi connectivity index (χ3n) is 1.92. The molecule has 0 fully saturated rings. The SMILES string of the molecule is O=C(NCCCOCCCl)c1ccncc1. The number of amides is 1. The maximum Gasteiger partial charge on any atom is 0.251 e. The van der Waals surface area contributed by atoms with Crippen molar-refractivity contribution in [3.63, 3.8) is 0 Å². The van der Waals surface area contributed by atoms with Crippen LogP contribution in [0.25, 0.3) is 0 Å². The van der Waals surface area contributed by atoms with Crippen LogP contribution in [0.4, 0.5) is 0 Å². The number of carbonyl (C=O) groups is 1. The molecule has 1 aromatic rings. The van der Waals surface area contributed by atoms with E-state index >= 15 is 0 Å². The van der Waals surface area contributed by atoms with E-state index in [2.05, 4.69) is 10.3 Å². The first-order valence-electron chi connectivity index (χ1n) is 5.16. The molecule has 0 saturated carbocycles. The van der Waals surface area contributed by atoms with Crippen LogP contribution >= 0.6 is 11.6 Å². The van der Waals surface area contributed by atoms with Crippen LogP contribution in [0, 0.1) is 0 Å². The molecule has 5 heteroatoms. The molecule has 1 amide bonds. The lowest BCUT2D eigenvalue weighted by Gasteiger charge is -2.05. The number of hydrogen-bond donors (Lipinski definition) is 1. The fraction of sp³-hybridized carbons (Fsp3) is 0.455. The molecule has 88 valence electrons. The molecule has 0 aromatic carbocycles. The monoisotopic (exact) mass is 242 g/mol. The molecule has 0 aliphatic rings. The largest absolute Gasteiger partial charge is 0.380 e. The zero-order valence-electron chi connectivity index (χ0n) is 8.99. The van der Waals surface area contributed by atoms with Crippen LogP contribution in [0.2, 0.25) is 0 Å². The van der Waals surface area contributed by atoms with Crippen LogP contribution < -0.4 is 5.32 Å². The third kappa shape index (κ3) is 5.09. The van der Waals surface area contributed by atoms with Crippen LogP contribution in [0.1, 0.15) is 16.8 Å². The molecule has 0 radical (unpaired) electrons. The lowest BCUT2D eigenvalue weighted by Crippen LogP contribution is -2.25. The minimum atomic E-state index is -0.0836. The van der Waals surface area contributed by atoms with E-state index in [1.165, 1.54) is 0 Å². The number of aromatic nitrogens is 1. The Bertz CT molecular complexity index is 306. The zero-order valence-corrected chi connectivity index (χ0v) is 9.74. The third-order valence-corrected chi connectivity index (χ3v) is 2.07. The van der Waals surface area contributed by atoms with Gasteiger partial charge in [0.05, 0.1) is 6.61 Å². The van der Waals surface area contributed by atoms with Gasteiger partial charge < -0.3 is 10.1 Å². The van der Waals surface area contributed by atoms with Gasteiger partial charge in [-0.2, -0.15) is 0 Å². The van der Waals surface area contributed by atoms with Gasteiger partial charge in [0.15, 0.2) is 0 Å². The van der Waals surface area contributed by atoms with Crippen molar-refractivity contribution < 1.29 is 9.53 Å². The number of ether oxygens (including phenoxy) is 1. The van der Waals surface area contributed by atoms with Crippen LogP contribution in [0.15, 0.2) is 24.5 Å². The number of hydrogen-bond acceptors (Lipinski definition) is 3. The summed E-state index contributed by atoms with van der Waals surface area (Å²) in [5.74, 6) is 0.420. The van der Waals surface area contributed by atoms with Crippen molar-refractivity contribution in [2.45, 2.75) is 6.42 Å². The predicted octanol–water partition coefficient (Wildman–Crippen LogP) is 1.46. The van der Waals surface area contributed by atoms with Crippen molar-refractivity contribution in [3.05, 3.63) is 30.1 Å². The number of rotatable bonds is 7. The maximum atomic E-state index is 11.5. The number of carbonyl (C=O) groups excluding carboxylic acids is 1. The summed E-state index contributed by atoms with van der Waals surface area (Å²) in [6.07, 6.45) is 3.98. The number of pyridine rings is 1. The predicted molar refractivity (Wildman–Crippen MR) is 62.7 cm³/mol. The Morgan fingerprint density at radius 3 is 2.81 bits per heavy atom. The van der Waals surface area contributed by atoms with Gasteiger partial charge in [-0.3, -0.25) is 9.78 Å². The molecule has 0 aliphatic carbocycles. The number of nitrogens with zero attached hydrogens (tertiary/aromatic N) is 1. The minimum Gasteiger partial charge on any atom is -0.380 e. The summed E-state index contributed by atoms with van der Waals surface area (Å²) in [5, 5.41) is 2.80. The molecule has 0 bridgehead atoms. The van der Waals surface area contributed by atoms with Crippen LogP contribution in [0.3, 0.4) is 0 Å². The first-order valence-corrected chi connectivity index (χ1v) is 5.70. The normalized spacial score (nSPS) is 10.1. The second-order valence-electron chi connectivity index (χ2n) is 3.15. The molecule has 1 heterocycles. The van der Waals surface area contributed by atoms with Crippen LogP contribution in [0.5, 0.6) is 0 Å². The van der Waals surface area contributed by atoms with Crippen LogP contribution in [-0.4, -0.2) is 36.5 Å². The lowest BCUT2D eigenvalue weighted by molar-refractivity contribution is 0.0944. The lowest BCUT2D eigenvalue weighted by atomic mass is 10.2. The standard InChI is InChI=1S/C11H15ClN2O2/c12-4-9-16-8-1-5-14-11(15)10-2-6-13-7-3-10/h2-3,6-7H,1,4-5,8-9H2,(H,14,15). The molecular weight excluding hydrogens is 228 g/mol. The van der Waals surface area contributed by atoms with Gasteiger partial charge in [0.1, 0.15) is 0 Å². The maximum absolute atomic E-state index is 11.5. The molecule has 1 rings (SSSR count). The van der Waals surface area contributed by atoms with E-state index in [4.69, 9.17) is 16.3 Å². The smallest absolute Gasteiger partial charge is 0.251 e. The summed E-state index contributed by atoms with van der Waals surface area (Å²) in [5.41, 5.74) is 0.622.